The maximum Gasteiger partial charge on any atom is 0.259 e. The fourth-order valence-corrected chi connectivity index (χ4v) is 20.3. The maximum absolute atomic E-state index is 12.6. The summed E-state index contributed by atoms with van der Waals surface area (Å²) in [5.41, 5.74) is 36.8. The molecular weight excluding hydrogens is 1930 g/mol. The number of hydrogen-bond donors (Lipinski definition) is 10. The average molecular weight is 2040 g/mol. The summed E-state index contributed by atoms with van der Waals surface area (Å²) in [6.07, 6.45) is 2.99. The van der Waals surface area contributed by atoms with Crippen LogP contribution in [0.15, 0.2) is 216 Å². The Kier molecular flexibility index (Phi) is 32.9. The van der Waals surface area contributed by atoms with Crippen LogP contribution in [0.25, 0.3) is 0 Å². The fraction of sp³-hybridized carbons (Fsp3) is 0.306. The van der Waals surface area contributed by atoms with E-state index in [0.29, 0.717) is 112 Å². The molecule has 10 aromatic rings. The first kappa shape index (κ1) is 108. The van der Waals surface area contributed by atoms with Crippen molar-refractivity contribution >= 4 is 115 Å². The summed E-state index contributed by atoms with van der Waals surface area (Å²) in [5, 5.41) is 14.6. The van der Waals surface area contributed by atoms with Gasteiger partial charge in [-0.05, 0) is 216 Å². The molecule has 142 heavy (non-hydrogen) atoms. The van der Waals surface area contributed by atoms with E-state index < -0.39 is 77.8 Å². The quantitative estimate of drug-likeness (QED) is 0.0226. The predicted molar refractivity (Wildman–Crippen MR) is 539 cm³/mol. The number of nitrogens with two attached hydrogens (primary N) is 5. The van der Waals surface area contributed by atoms with Crippen molar-refractivity contribution in [2.24, 2.45) is 50.7 Å². The van der Waals surface area contributed by atoms with E-state index >= 15 is 0 Å². The minimum Gasteiger partial charge on any atom is -0.490 e. The Morgan fingerprint density at radius 3 is 0.824 bits per heavy atom. The first-order valence-electron chi connectivity index (χ1n) is 44.0. The maximum atomic E-state index is 12.6. The topological polar surface area (TPSA) is 610 Å². The number of aryl methyl sites for hydroxylation is 4. The number of ether oxygens (including phenoxy) is 5. The molecule has 0 spiro atoms. The molecule has 750 valence electrons. The Morgan fingerprint density at radius 2 is 0.542 bits per heavy atom. The van der Waals surface area contributed by atoms with Crippen molar-refractivity contribution in [1.29, 1.82) is 0 Å². The summed E-state index contributed by atoms with van der Waals surface area (Å²) in [6, 6.07) is 51.3. The number of carbonyl (C=O) groups is 6. The molecule has 5 aliphatic rings. The SMILES string of the molecule is CC(=O)c1cc(C(=O)NC(C)(C)COc2cccc3c2C(N)=NS(=O)(=O)C3)ccn1.CC(C)(COc1cccc2c1C(N)=NS(=O)(=O)C2)NC(=O)c1ccccc1.Cc1cc(C(=O)NC(C)(C)COc2cccc3c2C(N)=NS(=O)(=O)C3)cc(C)n1.Cc1cc(C(=O)NC(C)(C)COc2cccc3c2C(N)=NS(=O)(=O)C3)ccn1.Cc1cccc(C(=O)NC(C)(C)COc2cccc3c2C(N)=NS(=O)(=O)C3)c1. The van der Waals surface area contributed by atoms with E-state index in [9.17, 15) is 70.9 Å². The van der Waals surface area contributed by atoms with Crippen molar-refractivity contribution in [2.45, 2.75) is 160 Å². The summed E-state index contributed by atoms with van der Waals surface area (Å²) in [4.78, 5) is 86.3. The molecule has 5 amide bonds. The highest BCUT2D eigenvalue weighted by atomic mass is 32.2. The molecule has 0 radical (unpaired) electrons. The monoisotopic (exact) mass is 2040 g/mol. The summed E-state index contributed by atoms with van der Waals surface area (Å²) >= 11 is 0. The number of rotatable bonds is 26. The fourth-order valence-electron chi connectivity index (χ4n) is 14.8. The molecule has 15 rings (SSSR count). The van der Waals surface area contributed by atoms with Crippen LogP contribution in [0.3, 0.4) is 0 Å². The van der Waals surface area contributed by atoms with Crippen LogP contribution in [-0.4, -0.2) is 182 Å². The van der Waals surface area contributed by atoms with Gasteiger partial charge in [0.05, 0.1) is 84.3 Å². The van der Waals surface area contributed by atoms with Gasteiger partial charge >= 0.3 is 0 Å². The second-order valence-electron chi connectivity index (χ2n) is 37.1. The number of Topliss-reactive ketones (excluding diaryl/α,β-unsaturated/α-hetero) is 1. The number of pyridine rings is 3. The van der Waals surface area contributed by atoms with Gasteiger partial charge in [-0.25, -0.2) is 42.1 Å². The van der Waals surface area contributed by atoms with Crippen LogP contribution in [0, 0.1) is 27.7 Å². The molecule has 44 heteroatoms. The molecule has 8 heterocycles. The van der Waals surface area contributed by atoms with Crippen molar-refractivity contribution in [3.8, 4) is 28.7 Å². The number of hydrogen-bond acceptors (Lipinski definition) is 29. The van der Waals surface area contributed by atoms with Crippen molar-refractivity contribution in [2.75, 3.05) is 33.0 Å². The summed E-state index contributed by atoms with van der Waals surface area (Å²) in [7, 11) is -18.1. The van der Waals surface area contributed by atoms with Crippen molar-refractivity contribution in [3.63, 3.8) is 0 Å². The van der Waals surface area contributed by atoms with Crippen LogP contribution in [0.5, 0.6) is 28.7 Å². The predicted octanol–water partition coefficient (Wildman–Crippen LogP) is 8.73. The number of fused-ring (bicyclic) bond motifs is 5. The Labute approximate surface area is 824 Å². The number of benzene rings is 7. The second kappa shape index (κ2) is 43.5. The van der Waals surface area contributed by atoms with E-state index in [1.54, 1.807) is 166 Å². The van der Waals surface area contributed by atoms with Crippen molar-refractivity contribution in [3.05, 3.63) is 306 Å². The molecule has 0 unspecified atom stereocenters. The van der Waals surface area contributed by atoms with E-state index in [-0.39, 0.29) is 132 Å². The lowest BCUT2D eigenvalue weighted by molar-refractivity contribution is 0.0872. The van der Waals surface area contributed by atoms with Crippen LogP contribution >= 0.6 is 0 Å². The third kappa shape index (κ3) is 29.8. The zero-order valence-corrected chi connectivity index (χ0v) is 84.7. The lowest BCUT2D eigenvalue weighted by Gasteiger charge is -2.27. The Morgan fingerprint density at radius 1 is 0.296 bits per heavy atom. The standard InChI is InChI=1S/C20H22N4O5S.C20H24N4O4S.C20H23N3O4S.C19H22N4O4S.C19H21N3O4S/c1-12(25)15-9-13(7-8-22-15)19(26)23-20(2,3)11-29-16-6-4-5-14-10-30(27,28)24-18(21)17(14)16;1-12-8-15(9-13(2)22-12)19(25)23-20(3,4)11-28-16-7-5-6-14-10-29(26,27)24-18(21)17(14)16;1-13-6-4-7-14(10-13)19(24)22-20(2,3)12-27-16-9-5-8-15-11-28(25,26)23-18(21)17(15)16;1-12-9-13(7-8-21-12)18(24)22-19(2,3)11-27-15-6-4-5-14-10-28(25,26)23-17(20)16(14)15;1-19(2,21-18(23)13-7-4-3-5-8-13)12-26-15-10-6-9-14-11-27(24,25)22-17(20)16(14)15/h4-9H,10-11H2,1-3H3,(H2,21,24)(H,23,26);5-9H,10-11H2,1-4H3,(H2,21,24)(H,23,25);4-10H,11-12H2,1-3H3,(H2,21,23)(H,22,24);4-9H,10-11H2,1-3H3,(H2,20,23)(H,22,24);3-10H,11-12H2,1-2H3,(H2,20,22)(H,21,23). The van der Waals surface area contributed by atoms with E-state index in [1.165, 1.54) is 25.3 Å². The number of aromatic nitrogens is 3. The molecule has 39 nitrogen and oxygen atoms in total. The number of amides is 5. The van der Waals surface area contributed by atoms with Crippen LogP contribution in [-0.2, 0) is 78.9 Å². The van der Waals surface area contributed by atoms with Gasteiger partial charge in [0.15, 0.2) is 5.78 Å². The van der Waals surface area contributed by atoms with Crippen LogP contribution in [0.4, 0.5) is 0 Å². The molecule has 15 N–H and O–H groups in total. The van der Waals surface area contributed by atoms with Crippen molar-refractivity contribution < 1.29 is 94.5 Å². The molecular formula is C98H112N18O21S5. The summed E-state index contributed by atoms with van der Waals surface area (Å²) < 4.78 is 165. The zero-order chi connectivity index (χ0) is 104. The Balaban J connectivity index is 0.000000170. The highest BCUT2D eigenvalue weighted by Crippen LogP contribution is 2.35. The third-order valence-electron chi connectivity index (χ3n) is 21.1. The van der Waals surface area contributed by atoms with Crippen LogP contribution in [0.1, 0.15) is 217 Å². The highest BCUT2D eigenvalue weighted by Gasteiger charge is 2.36. The molecule has 0 bridgehead atoms. The van der Waals surface area contributed by atoms with E-state index in [4.69, 9.17) is 52.4 Å². The first-order chi connectivity index (χ1) is 66.2. The van der Waals surface area contributed by atoms with Crippen molar-refractivity contribution in [1.82, 2.24) is 41.5 Å². The van der Waals surface area contributed by atoms with Gasteiger partial charge < -0.3 is 78.9 Å². The van der Waals surface area contributed by atoms with Gasteiger partial charge in [-0.1, -0.05) is 96.6 Å². The van der Waals surface area contributed by atoms with Gasteiger partial charge in [0.1, 0.15) is 96.7 Å². The number of carbonyl (C=O) groups excluding carboxylic acids is 6. The number of nitrogens with zero attached hydrogens (tertiary/aromatic N) is 8. The Bertz CT molecular complexity index is 7200. The lowest BCUT2D eigenvalue weighted by atomic mass is 10.0. The number of sulfonamides is 5. The smallest absolute Gasteiger partial charge is 0.259 e. The molecule has 7 aromatic carbocycles. The third-order valence-corrected chi connectivity index (χ3v) is 26.9. The second-order valence-corrected chi connectivity index (χ2v) is 45.3. The first-order valence-corrected chi connectivity index (χ1v) is 52.0. The minimum atomic E-state index is -3.64. The lowest BCUT2D eigenvalue weighted by Crippen LogP contribution is -2.48. The van der Waals surface area contributed by atoms with Gasteiger partial charge in [-0.15, -0.1) is 22.0 Å². The summed E-state index contributed by atoms with van der Waals surface area (Å²) in [6.45, 7) is 27.8. The highest BCUT2D eigenvalue weighted by molar-refractivity contribution is 7.90. The van der Waals surface area contributed by atoms with E-state index in [1.807, 2.05) is 107 Å². The van der Waals surface area contributed by atoms with Gasteiger partial charge in [0.25, 0.3) is 79.7 Å². The molecule has 0 aliphatic carbocycles. The Hall–Kier alpha value is -14.9. The summed E-state index contributed by atoms with van der Waals surface area (Å²) in [5.74, 6) is -0.958. The van der Waals surface area contributed by atoms with E-state index in [0.717, 1.165) is 22.6 Å². The van der Waals surface area contributed by atoms with Gasteiger partial charge in [-0.2, -0.15) is 0 Å². The van der Waals surface area contributed by atoms with Gasteiger partial charge in [0, 0.05) is 64.2 Å². The normalized spacial score (nSPS) is 15.2. The molecule has 0 fully saturated rings. The number of amidine groups is 5. The van der Waals surface area contributed by atoms with Gasteiger partial charge in [0.2, 0.25) is 0 Å². The van der Waals surface area contributed by atoms with Crippen LogP contribution in [0.2, 0.25) is 0 Å². The molecule has 5 aliphatic heterocycles. The molecule has 0 atom stereocenters. The van der Waals surface area contributed by atoms with E-state index in [2.05, 4.69) is 63.5 Å². The average Bonchev–Trinajstić information content (AvgIpc) is 0.799. The molecule has 0 saturated carbocycles. The zero-order valence-electron chi connectivity index (χ0n) is 80.6. The molecule has 0 saturated heterocycles. The molecule has 3 aromatic heterocycles. The van der Waals surface area contributed by atoms with Crippen LogP contribution < -0.4 is 78.9 Å². The number of nitrogens with one attached hydrogen (secondary N) is 5. The van der Waals surface area contributed by atoms with Gasteiger partial charge in [-0.3, -0.25) is 43.7 Å². The minimum absolute atomic E-state index is 0.0832. The number of ketones is 1. The largest absolute Gasteiger partial charge is 0.490 e.